The van der Waals surface area contributed by atoms with Gasteiger partial charge in [-0.15, -0.1) is 0 Å². The molecule has 0 radical (unpaired) electrons. The van der Waals surface area contributed by atoms with Gasteiger partial charge in [-0.05, 0) is 55.3 Å². The van der Waals surface area contributed by atoms with E-state index in [1.54, 1.807) is 12.0 Å². The number of carbonyl (C=O) groups is 2. The predicted octanol–water partition coefficient (Wildman–Crippen LogP) is 4.05. The fourth-order valence-electron chi connectivity index (χ4n) is 2.99. The Labute approximate surface area is 179 Å². The summed E-state index contributed by atoms with van der Waals surface area (Å²) in [5.41, 5.74) is 3.44. The Bertz CT molecular complexity index is 963. The number of benzene rings is 2. The molecule has 1 aliphatic rings. The molecule has 0 bridgehead atoms. The number of nitrogens with zero attached hydrogens (tertiary/aromatic N) is 2. The van der Waals surface area contributed by atoms with Crippen LogP contribution in [0.2, 0.25) is 0 Å². The first kappa shape index (κ1) is 22.0. The Balaban J connectivity index is 1.76. The standard InChI is InChI=1S/C22H24FN3O3S/c1-14-5-4-6-18(15(14)2)25-22-26(11-12-29-3)21(28)19(30-22)13-20(27)24-17-9-7-16(23)8-10-17/h4-10,19H,11-13H2,1-3H3,(H,24,27). The van der Waals surface area contributed by atoms with Crippen molar-refractivity contribution in [3.63, 3.8) is 0 Å². The van der Waals surface area contributed by atoms with E-state index in [0.717, 1.165) is 16.8 Å². The van der Waals surface area contributed by atoms with E-state index in [0.29, 0.717) is 24.0 Å². The molecule has 1 unspecified atom stereocenters. The normalized spacial score (nSPS) is 17.6. The number of aliphatic imine (C=N–C) groups is 1. The molecule has 2 aromatic rings. The number of halogens is 1. The fraction of sp³-hybridized carbons (Fsp3) is 0.318. The van der Waals surface area contributed by atoms with Crippen LogP contribution >= 0.6 is 11.8 Å². The Kier molecular flexibility index (Phi) is 7.23. The third-order valence-corrected chi connectivity index (χ3v) is 6.01. The van der Waals surface area contributed by atoms with E-state index in [2.05, 4.69) is 5.32 Å². The molecule has 158 valence electrons. The van der Waals surface area contributed by atoms with Crippen LogP contribution in [-0.4, -0.2) is 47.4 Å². The van der Waals surface area contributed by atoms with Gasteiger partial charge in [0.15, 0.2) is 5.17 Å². The second-order valence-electron chi connectivity index (χ2n) is 6.96. The lowest BCUT2D eigenvalue weighted by Crippen LogP contribution is -2.35. The van der Waals surface area contributed by atoms with E-state index in [1.807, 2.05) is 32.0 Å². The van der Waals surface area contributed by atoms with E-state index >= 15 is 0 Å². The molecule has 1 N–H and O–H groups in total. The maximum Gasteiger partial charge on any atom is 0.242 e. The summed E-state index contributed by atoms with van der Waals surface area (Å²) in [6.45, 7) is 4.73. The minimum Gasteiger partial charge on any atom is -0.383 e. The molecule has 2 amide bonds. The molecule has 1 saturated heterocycles. The van der Waals surface area contributed by atoms with Gasteiger partial charge in [0.2, 0.25) is 11.8 Å². The smallest absolute Gasteiger partial charge is 0.242 e. The SMILES string of the molecule is COCCN1C(=O)C(CC(=O)Nc2ccc(F)cc2)SC1=Nc1cccc(C)c1C. The molecule has 0 saturated carbocycles. The van der Waals surface area contributed by atoms with Gasteiger partial charge in [-0.3, -0.25) is 14.5 Å². The summed E-state index contributed by atoms with van der Waals surface area (Å²) in [5, 5.41) is 2.68. The van der Waals surface area contributed by atoms with Crippen LogP contribution in [0.3, 0.4) is 0 Å². The zero-order valence-electron chi connectivity index (χ0n) is 17.1. The van der Waals surface area contributed by atoms with Crippen molar-refractivity contribution in [2.24, 2.45) is 4.99 Å². The van der Waals surface area contributed by atoms with Crippen LogP contribution in [0.4, 0.5) is 15.8 Å². The van der Waals surface area contributed by atoms with Crippen LogP contribution in [0, 0.1) is 19.7 Å². The van der Waals surface area contributed by atoms with E-state index in [9.17, 15) is 14.0 Å². The van der Waals surface area contributed by atoms with Crippen molar-refractivity contribution in [3.05, 3.63) is 59.4 Å². The second-order valence-corrected chi connectivity index (χ2v) is 8.13. The molecule has 8 heteroatoms. The number of methoxy groups -OCH3 is 1. The lowest BCUT2D eigenvalue weighted by atomic mass is 10.1. The quantitative estimate of drug-likeness (QED) is 0.721. The summed E-state index contributed by atoms with van der Waals surface area (Å²) in [6, 6.07) is 11.3. The second kappa shape index (κ2) is 9.86. The summed E-state index contributed by atoms with van der Waals surface area (Å²) in [7, 11) is 1.57. The number of carbonyl (C=O) groups excluding carboxylic acids is 2. The molecule has 6 nitrogen and oxygen atoms in total. The van der Waals surface area contributed by atoms with E-state index in [1.165, 1.54) is 36.0 Å². The van der Waals surface area contributed by atoms with Crippen molar-refractivity contribution in [3.8, 4) is 0 Å². The summed E-state index contributed by atoms with van der Waals surface area (Å²) in [4.78, 5) is 31.7. The molecule has 2 aromatic carbocycles. The number of amidine groups is 1. The van der Waals surface area contributed by atoms with Gasteiger partial charge in [-0.1, -0.05) is 23.9 Å². The van der Waals surface area contributed by atoms with Gasteiger partial charge in [0.05, 0.1) is 18.8 Å². The maximum atomic E-state index is 13.0. The Morgan fingerprint density at radius 3 is 2.67 bits per heavy atom. The molecule has 1 heterocycles. The Hall–Kier alpha value is -2.71. The molecular formula is C22H24FN3O3S. The number of hydrogen-bond acceptors (Lipinski definition) is 5. The summed E-state index contributed by atoms with van der Waals surface area (Å²) < 4.78 is 18.2. The van der Waals surface area contributed by atoms with Gasteiger partial charge in [0, 0.05) is 19.2 Å². The summed E-state index contributed by atoms with van der Waals surface area (Å²) in [6.07, 6.45) is -0.00379. The first-order valence-corrected chi connectivity index (χ1v) is 10.4. The lowest BCUT2D eigenvalue weighted by Gasteiger charge is -2.16. The average Bonchev–Trinajstić information content (AvgIpc) is 3.00. The van der Waals surface area contributed by atoms with Crippen molar-refractivity contribution in [2.75, 3.05) is 25.6 Å². The fourth-order valence-corrected chi connectivity index (χ4v) is 4.16. The van der Waals surface area contributed by atoms with Crippen molar-refractivity contribution in [1.82, 2.24) is 4.90 Å². The van der Waals surface area contributed by atoms with E-state index in [-0.39, 0.29) is 24.1 Å². The average molecular weight is 430 g/mol. The number of ether oxygens (including phenoxy) is 1. The highest BCUT2D eigenvalue weighted by Gasteiger charge is 2.39. The molecule has 1 aliphatic heterocycles. The van der Waals surface area contributed by atoms with Crippen LogP contribution in [-0.2, 0) is 14.3 Å². The minimum absolute atomic E-state index is 0.00379. The van der Waals surface area contributed by atoms with E-state index in [4.69, 9.17) is 9.73 Å². The number of rotatable bonds is 7. The lowest BCUT2D eigenvalue weighted by molar-refractivity contribution is -0.128. The number of thioether (sulfide) groups is 1. The van der Waals surface area contributed by atoms with Crippen LogP contribution in [0.5, 0.6) is 0 Å². The van der Waals surface area contributed by atoms with Crippen LogP contribution in [0.25, 0.3) is 0 Å². The van der Waals surface area contributed by atoms with Gasteiger partial charge < -0.3 is 10.1 Å². The number of aryl methyl sites for hydroxylation is 1. The molecular weight excluding hydrogens is 405 g/mol. The number of anilines is 1. The molecule has 1 fully saturated rings. The Morgan fingerprint density at radius 2 is 1.97 bits per heavy atom. The van der Waals surface area contributed by atoms with Crippen LogP contribution < -0.4 is 5.32 Å². The largest absolute Gasteiger partial charge is 0.383 e. The molecule has 30 heavy (non-hydrogen) atoms. The predicted molar refractivity (Wildman–Crippen MR) is 118 cm³/mol. The van der Waals surface area contributed by atoms with Gasteiger partial charge in [-0.25, -0.2) is 9.38 Å². The first-order chi connectivity index (χ1) is 14.4. The molecule has 0 aromatic heterocycles. The number of amides is 2. The van der Waals surface area contributed by atoms with Crippen LogP contribution in [0.1, 0.15) is 17.5 Å². The first-order valence-electron chi connectivity index (χ1n) is 9.56. The zero-order valence-corrected chi connectivity index (χ0v) is 18.0. The summed E-state index contributed by atoms with van der Waals surface area (Å²) >= 11 is 1.28. The topological polar surface area (TPSA) is 71.0 Å². The molecule has 3 rings (SSSR count). The van der Waals surface area contributed by atoms with E-state index < -0.39 is 5.25 Å². The molecule has 0 spiro atoms. The third kappa shape index (κ3) is 5.25. The molecule has 0 aliphatic carbocycles. The highest BCUT2D eigenvalue weighted by atomic mass is 32.2. The van der Waals surface area contributed by atoms with Crippen molar-refractivity contribution < 1.29 is 18.7 Å². The highest BCUT2D eigenvalue weighted by molar-refractivity contribution is 8.15. The van der Waals surface area contributed by atoms with Gasteiger partial charge in [-0.2, -0.15) is 0 Å². The van der Waals surface area contributed by atoms with Crippen molar-refractivity contribution in [1.29, 1.82) is 0 Å². The molecule has 1 atom stereocenters. The number of hydrogen-bond donors (Lipinski definition) is 1. The third-order valence-electron chi connectivity index (χ3n) is 4.83. The van der Waals surface area contributed by atoms with Gasteiger partial charge >= 0.3 is 0 Å². The monoisotopic (exact) mass is 429 g/mol. The number of nitrogens with one attached hydrogen (secondary N) is 1. The summed E-state index contributed by atoms with van der Waals surface area (Å²) in [5.74, 6) is -0.863. The van der Waals surface area contributed by atoms with Gasteiger partial charge in [0.1, 0.15) is 11.1 Å². The minimum atomic E-state index is -0.578. The van der Waals surface area contributed by atoms with Crippen LogP contribution in [0.15, 0.2) is 47.5 Å². The van der Waals surface area contributed by atoms with Gasteiger partial charge in [0.25, 0.3) is 0 Å². The zero-order chi connectivity index (χ0) is 21.7. The maximum absolute atomic E-state index is 13.0. The van der Waals surface area contributed by atoms with Crippen molar-refractivity contribution >= 4 is 40.1 Å². The van der Waals surface area contributed by atoms with Crippen molar-refractivity contribution in [2.45, 2.75) is 25.5 Å². The highest BCUT2D eigenvalue weighted by Crippen LogP contribution is 2.33. The Morgan fingerprint density at radius 1 is 1.23 bits per heavy atom.